The summed E-state index contributed by atoms with van der Waals surface area (Å²) in [6, 6.07) is -0.0428. The van der Waals surface area contributed by atoms with Crippen LogP contribution in [0.2, 0.25) is 0 Å². The molecule has 0 atom stereocenters. The molecular formula is C7H17NO4S. The smallest absolute Gasteiger partial charge is 0.333 e. The Balaban J connectivity index is 0.000000671. The lowest BCUT2D eigenvalue weighted by Crippen LogP contribution is -2.35. The van der Waals surface area contributed by atoms with Gasteiger partial charge < -0.3 is 5.11 Å². The van der Waals surface area contributed by atoms with E-state index in [-0.39, 0.29) is 6.04 Å². The highest BCUT2D eigenvalue weighted by Crippen LogP contribution is 2.17. The van der Waals surface area contributed by atoms with E-state index in [9.17, 15) is 8.42 Å². The summed E-state index contributed by atoms with van der Waals surface area (Å²) in [4.78, 5) is 0. The summed E-state index contributed by atoms with van der Waals surface area (Å²) in [7, 11) is -2.97. The van der Waals surface area contributed by atoms with Crippen molar-refractivity contribution in [1.29, 1.82) is 0 Å². The number of hydrogen-bond acceptors (Lipinski definition) is 3. The van der Waals surface area contributed by atoms with E-state index in [4.69, 9.17) is 9.66 Å². The van der Waals surface area contributed by atoms with Gasteiger partial charge in [-0.2, -0.15) is 13.1 Å². The zero-order valence-corrected chi connectivity index (χ0v) is 8.55. The van der Waals surface area contributed by atoms with Crippen LogP contribution in [0.3, 0.4) is 0 Å². The largest absolute Gasteiger partial charge is 0.400 e. The van der Waals surface area contributed by atoms with Gasteiger partial charge >= 0.3 is 10.3 Å². The van der Waals surface area contributed by atoms with E-state index >= 15 is 0 Å². The van der Waals surface area contributed by atoms with E-state index in [1.165, 1.54) is 6.42 Å². The van der Waals surface area contributed by atoms with Crippen LogP contribution in [-0.4, -0.2) is 31.2 Å². The topological polar surface area (TPSA) is 86.6 Å². The average molecular weight is 211 g/mol. The van der Waals surface area contributed by atoms with Crippen LogP contribution in [0, 0.1) is 0 Å². The van der Waals surface area contributed by atoms with Crippen molar-refractivity contribution in [2.24, 2.45) is 0 Å². The second-order valence-electron chi connectivity index (χ2n) is 2.93. The molecule has 80 valence electrons. The van der Waals surface area contributed by atoms with E-state index in [1.807, 2.05) is 0 Å². The van der Waals surface area contributed by atoms with Gasteiger partial charge in [-0.25, -0.2) is 0 Å². The number of rotatable bonds is 2. The van der Waals surface area contributed by atoms with Gasteiger partial charge in [-0.3, -0.25) is 4.55 Å². The minimum atomic E-state index is -3.97. The predicted molar refractivity (Wildman–Crippen MR) is 49.7 cm³/mol. The summed E-state index contributed by atoms with van der Waals surface area (Å²) in [5.41, 5.74) is 0. The van der Waals surface area contributed by atoms with E-state index in [1.54, 1.807) is 0 Å². The van der Waals surface area contributed by atoms with Crippen molar-refractivity contribution in [2.75, 3.05) is 7.11 Å². The molecular weight excluding hydrogens is 194 g/mol. The summed E-state index contributed by atoms with van der Waals surface area (Å²) in [6.45, 7) is 0. The van der Waals surface area contributed by atoms with Gasteiger partial charge in [0.05, 0.1) is 0 Å². The Bertz CT molecular complexity index is 209. The summed E-state index contributed by atoms with van der Waals surface area (Å²) >= 11 is 0. The maximum Gasteiger partial charge on any atom is 0.333 e. The predicted octanol–water partition coefficient (Wildman–Crippen LogP) is 0.320. The van der Waals surface area contributed by atoms with Crippen molar-refractivity contribution >= 4 is 10.3 Å². The lowest BCUT2D eigenvalue weighted by molar-refractivity contribution is 0.389. The SMILES string of the molecule is CO.O=S(=O)(O)NC1CCCCC1. The third-order valence-electron chi connectivity index (χ3n) is 1.92. The Morgan fingerprint density at radius 1 is 1.15 bits per heavy atom. The van der Waals surface area contributed by atoms with E-state index in [0.29, 0.717) is 0 Å². The molecule has 0 saturated heterocycles. The second kappa shape index (κ2) is 6.31. The monoisotopic (exact) mass is 211 g/mol. The van der Waals surface area contributed by atoms with Gasteiger partial charge in [-0.1, -0.05) is 19.3 Å². The summed E-state index contributed by atoms with van der Waals surface area (Å²) in [5, 5.41) is 7.00. The zero-order chi connectivity index (χ0) is 10.3. The molecule has 0 heterocycles. The summed E-state index contributed by atoms with van der Waals surface area (Å²) < 4.78 is 31.3. The van der Waals surface area contributed by atoms with Gasteiger partial charge in [0.1, 0.15) is 0 Å². The highest BCUT2D eigenvalue weighted by Gasteiger charge is 2.17. The minimum absolute atomic E-state index is 0.0428. The van der Waals surface area contributed by atoms with Crippen molar-refractivity contribution in [2.45, 2.75) is 38.1 Å². The second-order valence-corrected chi connectivity index (χ2v) is 4.11. The van der Waals surface area contributed by atoms with Crippen LogP contribution in [0.4, 0.5) is 0 Å². The Kier molecular flexibility index (Phi) is 6.23. The third-order valence-corrected chi connectivity index (χ3v) is 2.55. The molecule has 3 N–H and O–H groups in total. The van der Waals surface area contributed by atoms with Crippen LogP contribution in [0.15, 0.2) is 0 Å². The van der Waals surface area contributed by atoms with Crippen LogP contribution in [0.5, 0.6) is 0 Å². The van der Waals surface area contributed by atoms with Crippen molar-refractivity contribution < 1.29 is 18.1 Å². The highest BCUT2D eigenvalue weighted by atomic mass is 32.2. The first-order valence-electron chi connectivity index (χ1n) is 4.27. The third kappa shape index (κ3) is 6.94. The summed E-state index contributed by atoms with van der Waals surface area (Å²) in [6.07, 6.45) is 4.96. The highest BCUT2D eigenvalue weighted by molar-refractivity contribution is 7.83. The van der Waals surface area contributed by atoms with E-state index in [0.717, 1.165) is 32.8 Å². The number of hydrogen-bond donors (Lipinski definition) is 3. The fourth-order valence-electron chi connectivity index (χ4n) is 1.43. The Hall–Kier alpha value is -0.170. The molecule has 1 aliphatic rings. The molecule has 0 aromatic rings. The van der Waals surface area contributed by atoms with Crippen LogP contribution < -0.4 is 4.72 Å². The Morgan fingerprint density at radius 2 is 1.62 bits per heavy atom. The van der Waals surface area contributed by atoms with Crippen molar-refractivity contribution in [3.8, 4) is 0 Å². The van der Waals surface area contributed by atoms with Crippen LogP contribution >= 0.6 is 0 Å². The lowest BCUT2D eigenvalue weighted by Gasteiger charge is -2.20. The van der Waals surface area contributed by atoms with Gasteiger partial charge in [-0.15, -0.1) is 0 Å². The molecule has 1 saturated carbocycles. The molecule has 0 radical (unpaired) electrons. The number of nitrogens with one attached hydrogen (secondary N) is 1. The molecule has 0 aliphatic heterocycles. The Labute approximate surface area is 79.0 Å². The molecule has 5 nitrogen and oxygen atoms in total. The maximum absolute atomic E-state index is 10.3. The maximum atomic E-state index is 10.3. The fraction of sp³-hybridized carbons (Fsp3) is 1.00. The first-order valence-corrected chi connectivity index (χ1v) is 5.71. The molecule has 13 heavy (non-hydrogen) atoms. The van der Waals surface area contributed by atoms with E-state index < -0.39 is 10.3 Å². The van der Waals surface area contributed by atoms with Crippen LogP contribution in [0.25, 0.3) is 0 Å². The van der Waals surface area contributed by atoms with Crippen LogP contribution in [-0.2, 0) is 10.3 Å². The van der Waals surface area contributed by atoms with Crippen LogP contribution in [0.1, 0.15) is 32.1 Å². The molecule has 0 aromatic heterocycles. The number of aliphatic hydroxyl groups is 1. The van der Waals surface area contributed by atoms with Gasteiger partial charge in [0.25, 0.3) is 0 Å². The molecule has 6 heteroatoms. The summed E-state index contributed by atoms with van der Waals surface area (Å²) in [5.74, 6) is 0. The van der Waals surface area contributed by atoms with Crippen molar-refractivity contribution in [1.82, 2.24) is 4.72 Å². The molecule has 1 aliphatic carbocycles. The molecule has 0 unspecified atom stereocenters. The van der Waals surface area contributed by atoms with Gasteiger partial charge in [-0.05, 0) is 12.8 Å². The molecule has 0 bridgehead atoms. The molecule has 1 rings (SSSR count). The molecule has 0 aromatic carbocycles. The molecule has 0 spiro atoms. The fourth-order valence-corrected chi connectivity index (χ4v) is 2.09. The first-order chi connectivity index (χ1) is 6.08. The molecule has 0 amide bonds. The minimum Gasteiger partial charge on any atom is -0.400 e. The Morgan fingerprint density at radius 3 is 2.00 bits per heavy atom. The molecule has 1 fully saturated rings. The lowest BCUT2D eigenvalue weighted by atomic mass is 9.96. The van der Waals surface area contributed by atoms with Crippen molar-refractivity contribution in [3.63, 3.8) is 0 Å². The standard InChI is InChI=1S/C6H13NO3S.CH4O/c8-11(9,10)7-6-4-2-1-3-5-6;1-2/h6-7H,1-5H2,(H,8,9,10);2H,1H3. The van der Waals surface area contributed by atoms with Gasteiger partial charge in [0, 0.05) is 13.2 Å². The van der Waals surface area contributed by atoms with Crippen molar-refractivity contribution in [3.05, 3.63) is 0 Å². The van der Waals surface area contributed by atoms with Gasteiger partial charge in [0.15, 0.2) is 0 Å². The zero-order valence-electron chi connectivity index (χ0n) is 7.73. The first kappa shape index (κ1) is 12.8. The van der Waals surface area contributed by atoms with Gasteiger partial charge in [0.2, 0.25) is 0 Å². The average Bonchev–Trinajstić information content (AvgIpc) is 2.07. The normalized spacial score (nSPS) is 19.0. The number of aliphatic hydroxyl groups excluding tert-OH is 1. The quantitative estimate of drug-likeness (QED) is 0.574. The van der Waals surface area contributed by atoms with E-state index in [2.05, 4.69) is 4.72 Å².